The third kappa shape index (κ3) is 3.34. The maximum absolute atomic E-state index is 5.96. The number of rotatable bonds is 5. The number of benzene rings is 1. The smallest absolute Gasteiger partial charge is 0.176 e. The summed E-state index contributed by atoms with van der Waals surface area (Å²) in [6, 6.07) is 9.39. The van der Waals surface area contributed by atoms with Crippen molar-refractivity contribution in [3.63, 3.8) is 0 Å². The summed E-state index contributed by atoms with van der Waals surface area (Å²) in [5.74, 6) is 2.55. The lowest BCUT2D eigenvalue weighted by Gasteiger charge is -2.39. The molecule has 0 saturated heterocycles. The molecule has 4 rings (SSSR count). The van der Waals surface area contributed by atoms with Crippen molar-refractivity contribution in [2.45, 2.75) is 56.8 Å². The number of aryl methyl sites for hydroxylation is 1. The predicted octanol–water partition coefficient (Wildman–Crippen LogP) is 2.93. The van der Waals surface area contributed by atoms with Gasteiger partial charge in [-0.15, -0.1) is 0 Å². The average molecular weight is 347 g/mol. The monoisotopic (exact) mass is 346 g/mol. The number of methoxy groups -OCH3 is 1. The Hall–Kier alpha value is -1.43. The van der Waals surface area contributed by atoms with Crippen molar-refractivity contribution in [2.24, 2.45) is 0 Å². The van der Waals surface area contributed by atoms with Crippen LogP contribution in [0.1, 0.15) is 42.4 Å². The number of nitrogens with zero attached hydrogens (tertiary/aromatic N) is 3. The van der Waals surface area contributed by atoms with Crippen LogP contribution in [0, 0.1) is 0 Å². The zero-order chi connectivity index (χ0) is 16.5. The topological polar surface area (TPSA) is 52.0 Å². The molecule has 1 aliphatic heterocycles. The van der Waals surface area contributed by atoms with Crippen LogP contribution in [0.3, 0.4) is 0 Å². The molecule has 2 heterocycles. The van der Waals surface area contributed by atoms with Gasteiger partial charge in [-0.2, -0.15) is 5.10 Å². The highest BCUT2D eigenvalue weighted by atomic mass is 35.5. The molecule has 2 aliphatic rings. The van der Waals surface area contributed by atoms with E-state index >= 15 is 0 Å². The highest BCUT2D eigenvalue weighted by Gasteiger charge is 2.32. The van der Waals surface area contributed by atoms with Crippen molar-refractivity contribution in [1.82, 2.24) is 20.1 Å². The molecule has 1 atom stereocenters. The Bertz CT molecular complexity index is 694. The lowest BCUT2D eigenvalue weighted by molar-refractivity contribution is 0.177. The van der Waals surface area contributed by atoms with Crippen molar-refractivity contribution in [2.75, 3.05) is 7.11 Å². The maximum Gasteiger partial charge on any atom is 0.176 e. The molecule has 1 aromatic carbocycles. The second-order valence-electron chi connectivity index (χ2n) is 6.88. The number of hydrogen-bond acceptors (Lipinski definition) is 4. The molecular formula is C18H23ClN4O. The Morgan fingerprint density at radius 1 is 1.25 bits per heavy atom. The van der Waals surface area contributed by atoms with Crippen LogP contribution in [0.4, 0.5) is 0 Å². The molecule has 1 N–H and O–H groups in total. The minimum absolute atomic E-state index is 0.490. The van der Waals surface area contributed by atoms with Gasteiger partial charge in [0.15, 0.2) is 5.82 Å². The van der Waals surface area contributed by atoms with E-state index in [1.54, 1.807) is 7.11 Å². The maximum atomic E-state index is 5.96. The molecular weight excluding hydrogens is 324 g/mol. The molecule has 0 bridgehead atoms. The van der Waals surface area contributed by atoms with Crippen molar-refractivity contribution in [3.05, 3.63) is 46.5 Å². The van der Waals surface area contributed by atoms with E-state index < -0.39 is 0 Å². The SMILES string of the molecule is COCc1nc2n(n1)CC(NC1CC(c3ccc(Cl)cc3)C1)CC2. The second kappa shape index (κ2) is 6.82. The Morgan fingerprint density at radius 2 is 2.04 bits per heavy atom. The van der Waals surface area contributed by atoms with Crippen molar-refractivity contribution in [3.8, 4) is 0 Å². The minimum Gasteiger partial charge on any atom is -0.377 e. The number of nitrogens with one attached hydrogen (secondary N) is 1. The molecule has 0 spiro atoms. The molecule has 1 saturated carbocycles. The van der Waals surface area contributed by atoms with Crippen molar-refractivity contribution in [1.29, 1.82) is 0 Å². The number of hydrogen-bond donors (Lipinski definition) is 1. The highest BCUT2D eigenvalue weighted by Crippen LogP contribution is 2.37. The lowest BCUT2D eigenvalue weighted by Crippen LogP contribution is -2.48. The molecule has 2 aromatic rings. The first-order valence-corrected chi connectivity index (χ1v) is 9.02. The van der Waals surface area contributed by atoms with Gasteiger partial charge in [0, 0.05) is 30.6 Å². The first-order valence-electron chi connectivity index (χ1n) is 8.64. The van der Waals surface area contributed by atoms with Gasteiger partial charge in [-0.25, -0.2) is 9.67 Å². The van der Waals surface area contributed by atoms with E-state index in [-0.39, 0.29) is 0 Å². The van der Waals surface area contributed by atoms with Gasteiger partial charge in [-0.1, -0.05) is 23.7 Å². The van der Waals surface area contributed by atoms with Crippen LogP contribution in [0.5, 0.6) is 0 Å². The zero-order valence-corrected chi connectivity index (χ0v) is 14.7. The first kappa shape index (κ1) is 16.1. The fourth-order valence-corrected chi connectivity index (χ4v) is 3.91. The summed E-state index contributed by atoms with van der Waals surface area (Å²) < 4.78 is 7.17. The van der Waals surface area contributed by atoms with Gasteiger partial charge < -0.3 is 10.1 Å². The largest absolute Gasteiger partial charge is 0.377 e. The van der Waals surface area contributed by atoms with Crippen LogP contribution < -0.4 is 5.32 Å². The molecule has 1 aromatic heterocycles. The van der Waals surface area contributed by atoms with E-state index in [2.05, 4.69) is 27.5 Å². The Kier molecular flexibility index (Phi) is 4.57. The van der Waals surface area contributed by atoms with Gasteiger partial charge >= 0.3 is 0 Å². The zero-order valence-electron chi connectivity index (χ0n) is 13.9. The van der Waals surface area contributed by atoms with E-state index in [0.29, 0.717) is 24.6 Å². The van der Waals surface area contributed by atoms with Gasteiger partial charge in [-0.05, 0) is 42.9 Å². The summed E-state index contributed by atoms with van der Waals surface area (Å²) in [6.07, 6.45) is 4.53. The predicted molar refractivity (Wildman–Crippen MR) is 93.2 cm³/mol. The molecule has 6 heteroatoms. The van der Waals surface area contributed by atoms with Gasteiger partial charge in [0.1, 0.15) is 12.4 Å². The molecule has 24 heavy (non-hydrogen) atoms. The summed E-state index contributed by atoms with van der Waals surface area (Å²) in [4.78, 5) is 4.54. The average Bonchev–Trinajstić information content (AvgIpc) is 2.93. The fraction of sp³-hybridized carbons (Fsp3) is 0.556. The van der Waals surface area contributed by atoms with Crippen molar-refractivity contribution < 1.29 is 4.74 Å². The first-order chi connectivity index (χ1) is 11.7. The summed E-state index contributed by atoms with van der Waals surface area (Å²) in [5.41, 5.74) is 1.41. The van der Waals surface area contributed by atoms with Crippen LogP contribution in [0.15, 0.2) is 24.3 Å². The Balaban J connectivity index is 1.29. The normalized spacial score (nSPS) is 26.0. The standard InChI is InChI=1S/C18H23ClN4O/c1-24-11-17-21-18-7-6-15(10-23(18)22-17)20-16-8-13(9-16)12-2-4-14(19)5-3-12/h2-5,13,15-16,20H,6-11H2,1H3. The van der Waals surface area contributed by atoms with Crippen LogP contribution in [-0.2, 0) is 24.3 Å². The summed E-state index contributed by atoms with van der Waals surface area (Å²) in [6.45, 7) is 1.40. The fourth-order valence-electron chi connectivity index (χ4n) is 3.78. The molecule has 1 aliphatic carbocycles. The van der Waals surface area contributed by atoms with E-state index in [4.69, 9.17) is 16.3 Å². The lowest BCUT2D eigenvalue weighted by atomic mass is 9.75. The van der Waals surface area contributed by atoms with Gasteiger partial charge in [-0.3, -0.25) is 0 Å². The van der Waals surface area contributed by atoms with Gasteiger partial charge in [0.25, 0.3) is 0 Å². The second-order valence-corrected chi connectivity index (χ2v) is 7.31. The number of halogens is 1. The van der Waals surface area contributed by atoms with E-state index in [1.807, 2.05) is 16.8 Å². The molecule has 0 radical (unpaired) electrons. The number of aromatic nitrogens is 3. The molecule has 128 valence electrons. The van der Waals surface area contributed by atoms with E-state index in [9.17, 15) is 0 Å². The third-order valence-corrected chi connectivity index (χ3v) is 5.38. The molecule has 1 fully saturated rings. The summed E-state index contributed by atoms with van der Waals surface area (Å²) in [7, 11) is 1.68. The third-order valence-electron chi connectivity index (χ3n) is 5.13. The van der Waals surface area contributed by atoms with Crippen LogP contribution in [0.2, 0.25) is 5.02 Å². The Morgan fingerprint density at radius 3 is 2.79 bits per heavy atom. The molecule has 0 amide bonds. The van der Waals surface area contributed by atoms with E-state index in [0.717, 1.165) is 36.1 Å². The minimum atomic E-state index is 0.490. The van der Waals surface area contributed by atoms with Crippen LogP contribution >= 0.6 is 11.6 Å². The van der Waals surface area contributed by atoms with Gasteiger partial charge in [0.05, 0.1) is 6.54 Å². The number of fused-ring (bicyclic) bond motifs is 1. The Labute approximate surface area is 147 Å². The highest BCUT2D eigenvalue weighted by molar-refractivity contribution is 6.30. The van der Waals surface area contributed by atoms with Gasteiger partial charge in [0.2, 0.25) is 0 Å². The summed E-state index contributed by atoms with van der Waals surface area (Å²) >= 11 is 5.96. The molecule has 1 unspecified atom stereocenters. The number of ether oxygens (including phenoxy) is 1. The summed E-state index contributed by atoms with van der Waals surface area (Å²) in [5, 5.41) is 9.15. The van der Waals surface area contributed by atoms with Crippen LogP contribution in [-0.4, -0.2) is 34.0 Å². The molecule has 5 nitrogen and oxygen atoms in total. The quantitative estimate of drug-likeness (QED) is 0.904. The van der Waals surface area contributed by atoms with Crippen molar-refractivity contribution >= 4 is 11.6 Å². The van der Waals surface area contributed by atoms with E-state index in [1.165, 1.54) is 18.4 Å². The van der Waals surface area contributed by atoms with Crippen LogP contribution in [0.25, 0.3) is 0 Å².